The lowest BCUT2D eigenvalue weighted by Crippen LogP contribution is -2.41. The molecule has 6 nitrogen and oxygen atoms in total. The van der Waals surface area contributed by atoms with Crippen LogP contribution in [0.5, 0.6) is 0 Å². The first-order valence-corrected chi connectivity index (χ1v) is 6.52. The van der Waals surface area contributed by atoms with E-state index in [4.69, 9.17) is 5.73 Å². The van der Waals surface area contributed by atoms with Gasteiger partial charge in [0, 0.05) is 25.7 Å². The first-order chi connectivity index (χ1) is 9.47. The monoisotopic (exact) mass is 277 g/mol. The highest BCUT2D eigenvalue weighted by Gasteiger charge is 2.29. The molecule has 1 aliphatic rings. The minimum Gasteiger partial charge on any atom is -0.392 e. The Morgan fingerprint density at radius 3 is 2.55 bits per heavy atom. The third kappa shape index (κ3) is 3.34. The molecule has 0 spiro atoms. The summed E-state index contributed by atoms with van der Waals surface area (Å²) in [6, 6.07) is 6.53. The molecular formula is C14H19N3O3. The van der Waals surface area contributed by atoms with Gasteiger partial charge in [-0.2, -0.15) is 0 Å². The van der Waals surface area contributed by atoms with Crippen LogP contribution < -0.4 is 11.1 Å². The number of rotatable bonds is 4. The second-order valence-electron chi connectivity index (χ2n) is 5.11. The molecule has 1 saturated heterocycles. The van der Waals surface area contributed by atoms with Gasteiger partial charge in [-0.25, -0.2) is 0 Å². The summed E-state index contributed by atoms with van der Waals surface area (Å²) in [4.78, 5) is 24.7. The van der Waals surface area contributed by atoms with Crippen molar-refractivity contribution in [2.24, 2.45) is 5.73 Å². The summed E-state index contributed by atoms with van der Waals surface area (Å²) in [5.74, 6) is -0.509. The van der Waals surface area contributed by atoms with Crippen molar-refractivity contribution >= 4 is 11.8 Å². The lowest BCUT2D eigenvalue weighted by Gasteiger charge is -2.21. The molecule has 0 aromatic heterocycles. The number of nitrogens with two attached hydrogens (primary N) is 1. The van der Waals surface area contributed by atoms with Crippen LogP contribution >= 0.6 is 0 Å². The highest BCUT2D eigenvalue weighted by atomic mass is 16.3. The zero-order chi connectivity index (χ0) is 14.7. The number of hydrogen-bond donors (Lipinski definition) is 3. The number of hydrogen-bond acceptors (Lipinski definition) is 4. The number of carbonyl (C=O) groups is 2. The minimum absolute atomic E-state index is 0.0412. The molecule has 0 saturated carbocycles. The third-order valence-electron chi connectivity index (χ3n) is 3.44. The summed E-state index contributed by atoms with van der Waals surface area (Å²) in [6.45, 7) is 0.906. The average Bonchev–Trinajstić information content (AvgIpc) is 2.85. The number of aliphatic hydroxyl groups excluding tert-OH is 1. The minimum atomic E-state index is -0.467. The van der Waals surface area contributed by atoms with E-state index >= 15 is 0 Å². The van der Waals surface area contributed by atoms with Crippen LogP contribution in [0, 0.1) is 0 Å². The summed E-state index contributed by atoms with van der Waals surface area (Å²) in [7, 11) is 1.72. The quantitative estimate of drug-likeness (QED) is 0.689. The molecule has 2 rings (SSSR count). The van der Waals surface area contributed by atoms with Gasteiger partial charge in [0.2, 0.25) is 11.8 Å². The zero-order valence-electron chi connectivity index (χ0n) is 11.4. The Kier molecular flexibility index (Phi) is 4.36. The van der Waals surface area contributed by atoms with Crippen molar-refractivity contribution in [3.63, 3.8) is 0 Å². The van der Waals surface area contributed by atoms with Crippen molar-refractivity contribution in [1.82, 2.24) is 10.2 Å². The maximum absolute atomic E-state index is 12.1. The van der Waals surface area contributed by atoms with Crippen molar-refractivity contribution in [2.45, 2.75) is 25.1 Å². The molecule has 1 aromatic rings. The number of nitrogens with one attached hydrogen (secondary N) is 1. The fourth-order valence-electron chi connectivity index (χ4n) is 2.30. The Morgan fingerprint density at radius 2 is 2.05 bits per heavy atom. The van der Waals surface area contributed by atoms with E-state index in [1.165, 1.54) is 0 Å². The summed E-state index contributed by atoms with van der Waals surface area (Å²) < 4.78 is 0. The van der Waals surface area contributed by atoms with E-state index < -0.39 is 12.0 Å². The molecule has 0 aliphatic carbocycles. The predicted octanol–water partition coefficient (Wildman–Crippen LogP) is -0.533. The molecule has 2 unspecified atom stereocenters. The molecule has 1 aromatic carbocycles. The van der Waals surface area contributed by atoms with Crippen LogP contribution in [0.4, 0.5) is 0 Å². The van der Waals surface area contributed by atoms with Gasteiger partial charge in [0.05, 0.1) is 12.1 Å². The van der Waals surface area contributed by atoms with Crippen LogP contribution in [-0.2, 0) is 11.3 Å². The molecule has 1 aliphatic heterocycles. The number of β-amino-alcohol motifs (C(OH)–C–C–N with tert-alkyl or cyclic N) is 1. The second kappa shape index (κ2) is 6.02. The summed E-state index contributed by atoms with van der Waals surface area (Å²) in [5, 5.41) is 12.4. The van der Waals surface area contributed by atoms with Gasteiger partial charge < -0.3 is 21.1 Å². The highest BCUT2D eigenvalue weighted by molar-refractivity contribution is 5.92. The van der Waals surface area contributed by atoms with Crippen molar-refractivity contribution < 1.29 is 14.7 Å². The maximum Gasteiger partial charge on any atom is 0.248 e. The predicted molar refractivity (Wildman–Crippen MR) is 73.8 cm³/mol. The number of amides is 2. The van der Waals surface area contributed by atoms with E-state index in [0.717, 1.165) is 5.56 Å². The maximum atomic E-state index is 12.1. The van der Waals surface area contributed by atoms with E-state index in [-0.39, 0.29) is 11.9 Å². The summed E-state index contributed by atoms with van der Waals surface area (Å²) in [5.41, 5.74) is 6.54. The van der Waals surface area contributed by atoms with Gasteiger partial charge in [0.25, 0.3) is 0 Å². The molecule has 6 heteroatoms. The van der Waals surface area contributed by atoms with Gasteiger partial charge in [-0.15, -0.1) is 0 Å². The standard InChI is InChI=1S/C14H19N3O3/c1-17(14(20)12-6-11(18)7-16-12)8-9-2-4-10(5-3-9)13(15)19/h2-5,11-12,16,18H,6-8H2,1H3,(H2,15,19). The number of aliphatic hydroxyl groups is 1. The summed E-state index contributed by atoms with van der Waals surface area (Å²) >= 11 is 0. The van der Waals surface area contributed by atoms with Crippen LogP contribution in [0.15, 0.2) is 24.3 Å². The van der Waals surface area contributed by atoms with Gasteiger partial charge >= 0.3 is 0 Å². The number of carbonyl (C=O) groups excluding carboxylic acids is 2. The first-order valence-electron chi connectivity index (χ1n) is 6.52. The average molecular weight is 277 g/mol. The summed E-state index contributed by atoms with van der Waals surface area (Å²) in [6.07, 6.45) is -0.00347. The Balaban J connectivity index is 1.95. The fourth-order valence-corrected chi connectivity index (χ4v) is 2.30. The molecular weight excluding hydrogens is 258 g/mol. The van der Waals surface area contributed by atoms with E-state index in [2.05, 4.69) is 5.32 Å². The van der Waals surface area contributed by atoms with Gasteiger partial charge in [0.1, 0.15) is 0 Å². The van der Waals surface area contributed by atoms with Crippen LogP contribution in [0.25, 0.3) is 0 Å². The highest BCUT2D eigenvalue weighted by Crippen LogP contribution is 2.12. The molecule has 20 heavy (non-hydrogen) atoms. The molecule has 2 amide bonds. The third-order valence-corrected chi connectivity index (χ3v) is 3.44. The van der Waals surface area contributed by atoms with Crippen molar-refractivity contribution in [2.75, 3.05) is 13.6 Å². The first kappa shape index (κ1) is 14.5. The Labute approximate surface area is 117 Å². The number of primary amides is 1. The Morgan fingerprint density at radius 1 is 1.40 bits per heavy atom. The van der Waals surface area contributed by atoms with E-state index in [9.17, 15) is 14.7 Å². The molecule has 108 valence electrons. The van der Waals surface area contributed by atoms with Crippen LogP contribution in [0.1, 0.15) is 22.3 Å². The molecule has 1 heterocycles. The van der Waals surface area contributed by atoms with Crippen molar-refractivity contribution in [1.29, 1.82) is 0 Å². The van der Waals surface area contributed by atoms with Crippen LogP contribution in [0.3, 0.4) is 0 Å². The lowest BCUT2D eigenvalue weighted by molar-refractivity contribution is -0.132. The van der Waals surface area contributed by atoms with Crippen molar-refractivity contribution in [3.8, 4) is 0 Å². The molecule has 1 fully saturated rings. The molecule has 0 bridgehead atoms. The normalized spacial score (nSPS) is 21.7. The van der Waals surface area contributed by atoms with Gasteiger partial charge in [-0.05, 0) is 24.1 Å². The lowest BCUT2D eigenvalue weighted by atomic mass is 10.1. The van der Waals surface area contributed by atoms with E-state index in [1.807, 2.05) is 0 Å². The Bertz CT molecular complexity index is 501. The fraction of sp³-hybridized carbons (Fsp3) is 0.429. The van der Waals surface area contributed by atoms with Crippen LogP contribution in [-0.4, -0.2) is 47.6 Å². The van der Waals surface area contributed by atoms with Gasteiger partial charge in [-0.1, -0.05) is 12.1 Å². The molecule has 2 atom stereocenters. The smallest absolute Gasteiger partial charge is 0.248 e. The number of nitrogens with zero attached hydrogens (tertiary/aromatic N) is 1. The largest absolute Gasteiger partial charge is 0.392 e. The topological polar surface area (TPSA) is 95.7 Å². The van der Waals surface area contributed by atoms with Gasteiger partial charge in [0.15, 0.2) is 0 Å². The SMILES string of the molecule is CN(Cc1ccc(C(N)=O)cc1)C(=O)C1CC(O)CN1. The number of likely N-dealkylation sites (N-methyl/N-ethyl adjacent to an activating group) is 1. The number of benzene rings is 1. The van der Waals surface area contributed by atoms with Crippen molar-refractivity contribution in [3.05, 3.63) is 35.4 Å². The van der Waals surface area contributed by atoms with E-state index in [1.54, 1.807) is 36.2 Å². The Hall–Kier alpha value is -1.92. The van der Waals surface area contributed by atoms with E-state index in [0.29, 0.717) is 25.1 Å². The second-order valence-corrected chi connectivity index (χ2v) is 5.11. The zero-order valence-corrected chi connectivity index (χ0v) is 11.4. The van der Waals surface area contributed by atoms with Crippen LogP contribution in [0.2, 0.25) is 0 Å². The molecule has 4 N–H and O–H groups in total. The van der Waals surface area contributed by atoms with Gasteiger partial charge in [-0.3, -0.25) is 9.59 Å². The molecule has 0 radical (unpaired) electrons.